The fourth-order valence-corrected chi connectivity index (χ4v) is 2.83. The number of benzene rings is 2. The lowest BCUT2D eigenvalue weighted by atomic mass is 10.2. The van der Waals surface area contributed by atoms with Gasteiger partial charge in [-0.25, -0.2) is 9.97 Å². The van der Waals surface area contributed by atoms with E-state index in [1.165, 1.54) is 0 Å². The Morgan fingerprint density at radius 1 is 1.00 bits per heavy atom. The van der Waals surface area contributed by atoms with Gasteiger partial charge < -0.3 is 10.2 Å². The quantitative estimate of drug-likeness (QED) is 0.696. The first-order valence-electron chi connectivity index (χ1n) is 9.16. The average Bonchev–Trinajstić information content (AvgIpc) is 2.69. The van der Waals surface area contributed by atoms with E-state index < -0.39 is 0 Å². The smallest absolute Gasteiger partial charge is 0.277 e. The summed E-state index contributed by atoms with van der Waals surface area (Å²) in [6.45, 7) is 6.58. The molecule has 0 saturated carbocycles. The summed E-state index contributed by atoms with van der Waals surface area (Å²) in [5.41, 5.74) is 2.10. The SMILES string of the molecule is CCN(C(=O)c1cc(NC(C)C)nc(-c2ccccc2)n1)c1ccccc1. The van der Waals surface area contributed by atoms with Crippen molar-refractivity contribution in [3.05, 3.63) is 72.4 Å². The number of carbonyl (C=O) groups excluding carboxylic acids is 1. The Bertz CT molecular complexity index is 895. The molecule has 3 rings (SSSR count). The van der Waals surface area contributed by atoms with Gasteiger partial charge in [0.15, 0.2) is 5.82 Å². The van der Waals surface area contributed by atoms with Crippen molar-refractivity contribution in [3.8, 4) is 11.4 Å². The number of aromatic nitrogens is 2. The molecule has 5 heteroatoms. The molecule has 1 heterocycles. The van der Waals surface area contributed by atoms with Gasteiger partial charge in [-0.05, 0) is 32.9 Å². The predicted octanol–water partition coefficient (Wildman–Crippen LogP) is 4.63. The highest BCUT2D eigenvalue weighted by Crippen LogP contribution is 2.21. The molecule has 138 valence electrons. The summed E-state index contributed by atoms with van der Waals surface area (Å²) in [4.78, 5) is 24.1. The second-order valence-electron chi connectivity index (χ2n) is 6.51. The highest BCUT2D eigenvalue weighted by Gasteiger charge is 2.20. The number of nitrogens with one attached hydrogen (secondary N) is 1. The molecule has 1 amide bonds. The maximum atomic E-state index is 13.2. The van der Waals surface area contributed by atoms with Gasteiger partial charge in [-0.2, -0.15) is 0 Å². The number of nitrogens with zero attached hydrogens (tertiary/aromatic N) is 3. The largest absolute Gasteiger partial charge is 0.368 e. The molecule has 1 N–H and O–H groups in total. The summed E-state index contributed by atoms with van der Waals surface area (Å²) in [7, 11) is 0. The third kappa shape index (κ3) is 4.50. The van der Waals surface area contributed by atoms with Gasteiger partial charge in [0.05, 0.1) is 0 Å². The first-order valence-corrected chi connectivity index (χ1v) is 9.16. The van der Waals surface area contributed by atoms with Crippen LogP contribution in [0.5, 0.6) is 0 Å². The van der Waals surface area contributed by atoms with Crippen LogP contribution in [0.2, 0.25) is 0 Å². The highest BCUT2D eigenvalue weighted by atomic mass is 16.2. The first kappa shape index (κ1) is 18.6. The minimum absolute atomic E-state index is 0.143. The second kappa shape index (κ2) is 8.45. The first-order chi connectivity index (χ1) is 13.1. The van der Waals surface area contributed by atoms with Crippen LogP contribution in [0.15, 0.2) is 66.7 Å². The van der Waals surface area contributed by atoms with Crippen LogP contribution in [-0.4, -0.2) is 28.5 Å². The van der Waals surface area contributed by atoms with E-state index in [1.54, 1.807) is 11.0 Å². The molecule has 0 spiro atoms. The second-order valence-corrected chi connectivity index (χ2v) is 6.51. The van der Waals surface area contributed by atoms with Crippen molar-refractivity contribution in [1.29, 1.82) is 0 Å². The zero-order chi connectivity index (χ0) is 19.2. The number of hydrogen-bond donors (Lipinski definition) is 1. The predicted molar refractivity (Wildman–Crippen MR) is 110 cm³/mol. The molecule has 1 aromatic heterocycles. The molecule has 5 nitrogen and oxygen atoms in total. The molecule has 3 aromatic rings. The monoisotopic (exact) mass is 360 g/mol. The Morgan fingerprint density at radius 2 is 1.63 bits per heavy atom. The molecule has 0 saturated heterocycles. The summed E-state index contributed by atoms with van der Waals surface area (Å²) >= 11 is 0. The molecule has 0 aliphatic heterocycles. The standard InChI is InChI=1S/C22H24N4O/c1-4-26(18-13-9-6-10-14-18)22(27)19-15-20(23-16(2)3)25-21(24-19)17-11-7-5-8-12-17/h5-16H,4H2,1-3H3,(H,23,24,25). The van der Waals surface area contributed by atoms with Crippen molar-refractivity contribution < 1.29 is 4.79 Å². The molecule has 0 aliphatic carbocycles. The fraction of sp³-hybridized carbons (Fsp3) is 0.227. The summed E-state index contributed by atoms with van der Waals surface area (Å²) in [5.74, 6) is 1.04. The third-order valence-electron chi connectivity index (χ3n) is 4.04. The minimum atomic E-state index is -0.143. The number of hydrogen-bond acceptors (Lipinski definition) is 4. The molecule has 0 aliphatic rings. The van der Waals surface area contributed by atoms with Gasteiger partial charge in [0.1, 0.15) is 11.5 Å². The van der Waals surface area contributed by atoms with Gasteiger partial charge in [0, 0.05) is 29.9 Å². The van der Waals surface area contributed by atoms with E-state index in [0.29, 0.717) is 23.9 Å². The van der Waals surface area contributed by atoms with Crippen LogP contribution >= 0.6 is 0 Å². The summed E-state index contributed by atoms with van der Waals surface area (Å²) in [6.07, 6.45) is 0. The Morgan fingerprint density at radius 3 is 2.22 bits per heavy atom. The van der Waals surface area contributed by atoms with Gasteiger partial charge in [0.2, 0.25) is 0 Å². The molecular weight excluding hydrogens is 336 g/mol. The minimum Gasteiger partial charge on any atom is -0.368 e. The third-order valence-corrected chi connectivity index (χ3v) is 4.04. The maximum Gasteiger partial charge on any atom is 0.277 e. The summed E-state index contributed by atoms with van der Waals surface area (Å²) < 4.78 is 0. The number of rotatable bonds is 6. The normalized spacial score (nSPS) is 10.7. The Kier molecular flexibility index (Phi) is 5.81. The van der Waals surface area contributed by atoms with Gasteiger partial charge in [-0.15, -0.1) is 0 Å². The van der Waals surface area contributed by atoms with Gasteiger partial charge >= 0.3 is 0 Å². The van der Waals surface area contributed by atoms with Crippen molar-refractivity contribution in [3.63, 3.8) is 0 Å². The van der Waals surface area contributed by atoms with Crippen molar-refractivity contribution >= 4 is 17.4 Å². The molecule has 0 unspecified atom stereocenters. The van der Waals surface area contributed by atoms with E-state index in [1.807, 2.05) is 81.4 Å². The average molecular weight is 360 g/mol. The van der Waals surface area contributed by atoms with Crippen LogP contribution in [0.25, 0.3) is 11.4 Å². The number of carbonyl (C=O) groups is 1. The van der Waals surface area contributed by atoms with Crippen molar-refractivity contribution in [1.82, 2.24) is 9.97 Å². The Balaban J connectivity index is 2.04. The molecule has 0 atom stereocenters. The Hall–Kier alpha value is -3.21. The summed E-state index contributed by atoms with van der Waals surface area (Å²) in [6, 6.07) is 21.2. The molecule has 2 aromatic carbocycles. The van der Waals surface area contributed by atoms with E-state index in [9.17, 15) is 4.79 Å². The highest BCUT2D eigenvalue weighted by molar-refractivity contribution is 6.05. The lowest BCUT2D eigenvalue weighted by Gasteiger charge is -2.21. The van der Waals surface area contributed by atoms with Crippen LogP contribution < -0.4 is 10.2 Å². The number of amides is 1. The molecule has 0 fully saturated rings. The van der Waals surface area contributed by atoms with Crippen molar-refractivity contribution in [2.75, 3.05) is 16.8 Å². The Labute approximate surface area is 160 Å². The molecular formula is C22H24N4O. The lowest BCUT2D eigenvalue weighted by Crippen LogP contribution is -2.31. The van der Waals surface area contributed by atoms with Gasteiger partial charge in [-0.1, -0.05) is 48.5 Å². The number of anilines is 2. The molecule has 0 bridgehead atoms. The van der Waals surface area contributed by atoms with Crippen LogP contribution in [0.3, 0.4) is 0 Å². The van der Waals surface area contributed by atoms with Crippen molar-refractivity contribution in [2.24, 2.45) is 0 Å². The van der Waals surface area contributed by atoms with Gasteiger partial charge in [-0.3, -0.25) is 4.79 Å². The molecule has 27 heavy (non-hydrogen) atoms. The molecule has 0 radical (unpaired) electrons. The van der Waals surface area contributed by atoms with Crippen LogP contribution in [0, 0.1) is 0 Å². The van der Waals surface area contributed by atoms with Crippen LogP contribution in [0.1, 0.15) is 31.3 Å². The van der Waals surface area contributed by atoms with E-state index in [4.69, 9.17) is 0 Å². The fourth-order valence-electron chi connectivity index (χ4n) is 2.83. The van der Waals surface area contributed by atoms with E-state index >= 15 is 0 Å². The van der Waals surface area contributed by atoms with E-state index in [0.717, 1.165) is 11.3 Å². The van der Waals surface area contributed by atoms with Crippen LogP contribution in [0.4, 0.5) is 11.5 Å². The topological polar surface area (TPSA) is 58.1 Å². The zero-order valence-electron chi connectivity index (χ0n) is 15.9. The maximum absolute atomic E-state index is 13.2. The van der Waals surface area contributed by atoms with E-state index in [-0.39, 0.29) is 11.9 Å². The summed E-state index contributed by atoms with van der Waals surface area (Å²) in [5, 5.41) is 3.29. The zero-order valence-corrected chi connectivity index (χ0v) is 15.9. The van der Waals surface area contributed by atoms with Crippen molar-refractivity contribution in [2.45, 2.75) is 26.8 Å². The van der Waals surface area contributed by atoms with Crippen LogP contribution in [-0.2, 0) is 0 Å². The van der Waals surface area contributed by atoms with Gasteiger partial charge in [0.25, 0.3) is 5.91 Å². The van der Waals surface area contributed by atoms with E-state index in [2.05, 4.69) is 15.3 Å². The number of para-hydroxylation sites is 1. The lowest BCUT2D eigenvalue weighted by molar-refractivity contribution is 0.0983.